The van der Waals surface area contributed by atoms with E-state index in [1.165, 1.54) is 11.1 Å². The fraction of sp³-hybridized carbons (Fsp3) is 0.235. The second-order valence-corrected chi connectivity index (χ2v) is 4.93. The number of aliphatic imine (C=N–C) groups is 1. The molecule has 2 aromatic rings. The van der Waals surface area contributed by atoms with Gasteiger partial charge in [-0.2, -0.15) is 0 Å². The third kappa shape index (κ3) is 6.34. The molecule has 22 heavy (non-hydrogen) atoms. The predicted octanol–water partition coefficient (Wildman–Crippen LogP) is 3.73. The van der Waals surface area contributed by atoms with E-state index in [1.807, 2.05) is 42.5 Å². The highest BCUT2D eigenvalue weighted by Crippen LogP contribution is 2.13. The largest absolute Gasteiger partial charge is 0.492 e. The topological polar surface area (TPSA) is 59.6 Å². The first-order valence-electron chi connectivity index (χ1n) is 6.96. The fourth-order valence-corrected chi connectivity index (χ4v) is 2.08. The Labute approximate surface area is 148 Å². The minimum absolute atomic E-state index is 0. The van der Waals surface area contributed by atoms with Crippen molar-refractivity contribution >= 4 is 35.6 Å². The van der Waals surface area contributed by atoms with Crippen LogP contribution in [0.2, 0.25) is 0 Å². The van der Waals surface area contributed by atoms with Gasteiger partial charge in [0, 0.05) is 5.69 Å². The van der Waals surface area contributed by atoms with E-state index in [1.54, 1.807) is 0 Å². The smallest absolute Gasteiger partial charge is 0.193 e. The van der Waals surface area contributed by atoms with Crippen LogP contribution in [-0.4, -0.2) is 19.1 Å². The molecule has 0 fully saturated rings. The number of nitrogens with one attached hydrogen (secondary N) is 1. The Kier molecular flexibility index (Phi) is 7.73. The molecule has 5 heteroatoms. The first-order chi connectivity index (χ1) is 10.1. The first-order valence-corrected chi connectivity index (χ1v) is 6.96. The summed E-state index contributed by atoms with van der Waals surface area (Å²) >= 11 is 0. The Morgan fingerprint density at radius 2 is 1.73 bits per heavy atom. The number of halogens is 1. The Bertz CT molecular complexity index is 594. The fourth-order valence-electron chi connectivity index (χ4n) is 2.08. The van der Waals surface area contributed by atoms with Crippen LogP contribution in [-0.2, 0) is 0 Å². The highest BCUT2D eigenvalue weighted by atomic mass is 127. The summed E-state index contributed by atoms with van der Waals surface area (Å²) in [6.45, 7) is 5.12. The molecule has 0 spiro atoms. The number of hydrogen-bond donors (Lipinski definition) is 2. The van der Waals surface area contributed by atoms with Crippen molar-refractivity contribution in [1.29, 1.82) is 0 Å². The molecule has 118 valence electrons. The minimum atomic E-state index is 0. The van der Waals surface area contributed by atoms with Gasteiger partial charge in [-0.25, -0.2) is 4.99 Å². The third-order valence-corrected chi connectivity index (χ3v) is 2.88. The molecule has 0 bridgehead atoms. The first kappa shape index (κ1) is 18.3. The van der Waals surface area contributed by atoms with E-state index in [9.17, 15) is 0 Å². The van der Waals surface area contributed by atoms with Crippen LogP contribution >= 0.6 is 24.0 Å². The van der Waals surface area contributed by atoms with Crippen LogP contribution in [0.1, 0.15) is 11.1 Å². The second-order valence-electron chi connectivity index (χ2n) is 4.93. The summed E-state index contributed by atoms with van der Waals surface area (Å²) in [6, 6.07) is 15.9. The van der Waals surface area contributed by atoms with Gasteiger partial charge in [-0.15, -0.1) is 24.0 Å². The Hall–Kier alpha value is -1.76. The number of benzene rings is 2. The van der Waals surface area contributed by atoms with Gasteiger partial charge in [-0.3, -0.25) is 0 Å². The van der Waals surface area contributed by atoms with E-state index in [2.05, 4.69) is 30.2 Å². The summed E-state index contributed by atoms with van der Waals surface area (Å²) in [7, 11) is 0. The Morgan fingerprint density at radius 1 is 1.09 bits per heavy atom. The summed E-state index contributed by atoms with van der Waals surface area (Å²) in [5, 5.41) is 3.09. The molecule has 0 heterocycles. The van der Waals surface area contributed by atoms with Crippen LogP contribution in [0.25, 0.3) is 0 Å². The van der Waals surface area contributed by atoms with Crippen LogP contribution in [0, 0.1) is 13.8 Å². The van der Waals surface area contributed by atoms with Gasteiger partial charge in [0.05, 0.1) is 6.54 Å². The molecule has 2 rings (SSSR count). The normalized spacial score (nSPS) is 10.7. The van der Waals surface area contributed by atoms with E-state index in [-0.39, 0.29) is 24.0 Å². The van der Waals surface area contributed by atoms with E-state index in [0.717, 1.165) is 11.4 Å². The molecule has 0 aliphatic carbocycles. The standard InChI is InChI=1S/C17H21N3O.HI/c1-13-10-14(2)12-15(11-13)20-17(18)19-8-9-21-16-6-4-3-5-7-16;/h3-7,10-12H,8-9H2,1-2H3,(H3,18,19,20);1H. The number of para-hydroxylation sites is 1. The molecule has 0 saturated carbocycles. The van der Waals surface area contributed by atoms with E-state index in [0.29, 0.717) is 19.1 Å². The number of hydrogen-bond acceptors (Lipinski definition) is 2. The van der Waals surface area contributed by atoms with Gasteiger partial charge in [-0.1, -0.05) is 24.3 Å². The molecular weight excluding hydrogens is 389 g/mol. The number of nitrogens with zero attached hydrogens (tertiary/aromatic N) is 1. The predicted molar refractivity (Wildman–Crippen MR) is 103 cm³/mol. The zero-order valence-electron chi connectivity index (χ0n) is 12.9. The number of ether oxygens (including phenoxy) is 1. The lowest BCUT2D eigenvalue weighted by atomic mass is 10.1. The summed E-state index contributed by atoms with van der Waals surface area (Å²) in [4.78, 5) is 4.25. The second kappa shape index (κ2) is 9.30. The zero-order chi connectivity index (χ0) is 15.1. The van der Waals surface area contributed by atoms with Crippen molar-refractivity contribution in [3.63, 3.8) is 0 Å². The maximum absolute atomic E-state index is 5.87. The number of rotatable bonds is 5. The monoisotopic (exact) mass is 411 g/mol. The molecule has 0 radical (unpaired) electrons. The maximum atomic E-state index is 5.87. The van der Waals surface area contributed by atoms with Crippen LogP contribution < -0.4 is 15.8 Å². The molecule has 3 N–H and O–H groups in total. The lowest BCUT2D eigenvalue weighted by molar-refractivity contribution is 0.329. The van der Waals surface area contributed by atoms with E-state index >= 15 is 0 Å². The van der Waals surface area contributed by atoms with Crippen molar-refractivity contribution in [2.24, 2.45) is 10.7 Å². The van der Waals surface area contributed by atoms with Crippen LogP contribution in [0.4, 0.5) is 5.69 Å². The molecule has 4 nitrogen and oxygen atoms in total. The van der Waals surface area contributed by atoms with Crippen LogP contribution in [0.5, 0.6) is 5.75 Å². The van der Waals surface area contributed by atoms with Gasteiger partial charge in [0.1, 0.15) is 12.4 Å². The number of nitrogens with two attached hydrogens (primary N) is 1. The molecule has 0 aromatic heterocycles. The molecule has 0 amide bonds. The molecule has 0 saturated heterocycles. The van der Waals surface area contributed by atoms with Crippen molar-refractivity contribution in [1.82, 2.24) is 0 Å². The lowest BCUT2D eigenvalue weighted by Crippen LogP contribution is -2.23. The third-order valence-electron chi connectivity index (χ3n) is 2.88. The number of guanidine groups is 1. The minimum Gasteiger partial charge on any atom is -0.492 e. The van der Waals surface area contributed by atoms with Crippen molar-refractivity contribution < 1.29 is 4.74 Å². The van der Waals surface area contributed by atoms with Crippen molar-refractivity contribution in [2.45, 2.75) is 13.8 Å². The summed E-state index contributed by atoms with van der Waals surface area (Å²) in [6.07, 6.45) is 0. The van der Waals surface area contributed by atoms with Crippen molar-refractivity contribution in [3.8, 4) is 5.75 Å². The van der Waals surface area contributed by atoms with E-state index in [4.69, 9.17) is 10.5 Å². The summed E-state index contributed by atoms with van der Waals surface area (Å²) in [5.74, 6) is 1.24. The van der Waals surface area contributed by atoms with E-state index < -0.39 is 0 Å². The lowest BCUT2D eigenvalue weighted by Gasteiger charge is -2.08. The molecule has 0 aliphatic heterocycles. The quantitative estimate of drug-likeness (QED) is 0.341. The molecule has 0 unspecified atom stereocenters. The van der Waals surface area contributed by atoms with Crippen LogP contribution in [0.15, 0.2) is 53.5 Å². The van der Waals surface area contributed by atoms with Gasteiger partial charge >= 0.3 is 0 Å². The summed E-state index contributed by atoms with van der Waals surface area (Å²) < 4.78 is 5.55. The van der Waals surface area contributed by atoms with Gasteiger partial charge in [0.15, 0.2) is 5.96 Å². The average molecular weight is 411 g/mol. The molecule has 0 atom stereocenters. The summed E-state index contributed by atoms with van der Waals surface area (Å²) in [5.41, 5.74) is 9.21. The van der Waals surface area contributed by atoms with Crippen molar-refractivity contribution in [2.75, 3.05) is 18.5 Å². The van der Waals surface area contributed by atoms with Crippen LogP contribution in [0.3, 0.4) is 0 Å². The van der Waals surface area contributed by atoms with Gasteiger partial charge < -0.3 is 15.8 Å². The van der Waals surface area contributed by atoms with Gasteiger partial charge in [0.2, 0.25) is 0 Å². The Morgan fingerprint density at radius 3 is 2.36 bits per heavy atom. The SMILES string of the molecule is Cc1cc(C)cc(NC(N)=NCCOc2ccccc2)c1.I. The van der Waals surface area contributed by atoms with Crippen molar-refractivity contribution in [3.05, 3.63) is 59.7 Å². The highest BCUT2D eigenvalue weighted by Gasteiger charge is 1.98. The molecule has 2 aromatic carbocycles. The maximum Gasteiger partial charge on any atom is 0.193 e. The van der Waals surface area contributed by atoms with Gasteiger partial charge in [0.25, 0.3) is 0 Å². The van der Waals surface area contributed by atoms with Gasteiger partial charge in [-0.05, 0) is 49.2 Å². The average Bonchev–Trinajstić information content (AvgIpc) is 2.43. The molecular formula is C17H22IN3O. The highest BCUT2D eigenvalue weighted by molar-refractivity contribution is 14.0. The number of anilines is 1. The Balaban J connectivity index is 0.00000242. The molecule has 0 aliphatic rings. The number of aryl methyl sites for hydroxylation is 2. The zero-order valence-corrected chi connectivity index (χ0v) is 15.2.